The Morgan fingerprint density at radius 3 is 2.16 bits per heavy atom. The van der Waals surface area contributed by atoms with Crippen molar-refractivity contribution in [3.8, 4) is 0 Å². The molecule has 0 atom stereocenters. The highest BCUT2D eigenvalue weighted by Gasteiger charge is 2.25. The molecule has 1 aliphatic rings. The van der Waals surface area contributed by atoms with Gasteiger partial charge in [0.05, 0.1) is 22.0 Å². The highest BCUT2D eigenvalue weighted by molar-refractivity contribution is 7.92. The molecule has 0 aliphatic carbocycles. The number of nitrogens with one attached hydrogen (secondary N) is 2. The lowest BCUT2D eigenvalue weighted by Crippen LogP contribution is -2.26. The standard InChI is InChI=1S/C17H17N3O4S/c1-11-3-5-12(6-4-11)20(2)25(23,24)13-7-8-14-15(9-13)19-17(22)10-16(21)18-14/h3-9H,10H2,1-2H3,(H,18,21)(H,19,22). The Morgan fingerprint density at radius 2 is 1.52 bits per heavy atom. The summed E-state index contributed by atoms with van der Waals surface area (Å²) in [6.45, 7) is 1.92. The molecule has 25 heavy (non-hydrogen) atoms. The van der Waals surface area contributed by atoms with Crippen molar-refractivity contribution in [1.29, 1.82) is 0 Å². The van der Waals surface area contributed by atoms with Crippen molar-refractivity contribution in [2.24, 2.45) is 0 Å². The van der Waals surface area contributed by atoms with Gasteiger partial charge in [0.25, 0.3) is 10.0 Å². The fourth-order valence-corrected chi connectivity index (χ4v) is 3.70. The summed E-state index contributed by atoms with van der Waals surface area (Å²) in [5.41, 5.74) is 2.18. The largest absolute Gasteiger partial charge is 0.324 e. The van der Waals surface area contributed by atoms with Crippen molar-refractivity contribution in [3.63, 3.8) is 0 Å². The number of fused-ring (bicyclic) bond motifs is 1. The highest BCUT2D eigenvalue weighted by atomic mass is 32.2. The number of sulfonamides is 1. The molecule has 0 unspecified atom stereocenters. The van der Waals surface area contributed by atoms with Crippen LogP contribution < -0.4 is 14.9 Å². The fourth-order valence-electron chi connectivity index (χ4n) is 2.48. The summed E-state index contributed by atoms with van der Waals surface area (Å²) in [7, 11) is -2.35. The van der Waals surface area contributed by atoms with E-state index in [1.54, 1.807) is 12.1 Å². The lowest BCUT2D eigenvalue weighted by atomic mass is 10.2. The Balaban J connectivity index is 1.99. The van der Waals surface area contributed by atoms with Gasteiger partial charge >= 0.3 is 0 Å². The third-order valence-electron chi connectivity index (χ3n) is 3.92. The topological polar surface area (TPSA) is 95.6 Å². The minimum Gasteiger partial charge on any atom is -0.324 e. The summed E-state index contributed by atoms with van der Waals surface area (Å²) >= 11 is 0. The first-order chi connectivity index (χ1) is 11.8. The summed E-state index contributed by atoms with van der Waals surface area (Å²) in [6.07, 6.45) is -0.306. The molecule has 0 fully saturated rings. The maximum atomic E-state index is 12.9. The summed E-state index contributed by atoms with van der Waals surface area (Å²) in [5.74, 6) is -0.929. The molecule has 0 spiro atoms. The van der Waals surface area contributed by atoms with Crippen molar-refractivity contribution >= 4 is 38.9 Å². The van der Waals surface area contributed by atoms with Gasteiger partial charge < -0.3 is 10.6 Å². The zero-order valence-electron chi connectivity index (χ0n) is 13.7. The number of aryl methyl sites for hydroxylation is 1. The zero-order chi connectivity index (χ0) is 18.2. The van der Waals surface area contributed by atoms with Gasteiger partial charge in [0, 0.05) is 7.05 Å². The van der Waals surface area contributed by atoms with Crippen LogP contribution >= 0.6 is 0 Å². The molecule has 2 aromatic rings. The average molecular weight is 359 g/mol. The minimum atomic E-state index is -3.81. The van der Waals surface area contributed by atoms with Crippen LogP contribution in [-0.4, -0.2) is 27.3 Å². The van der Waals surface area contributed by atoms with Gasteiger partial charge in [0.2, 0.25) is 11.8 Å². The van der Waals surface area contributed by atoms with E-state index in [1.807, 2.05) is 19.1 Å². The van der Waals surface area contributed by atoms with Crippen LogP contribution in [-0.2, 0) is 19.6 Å². The Bertz CT molecular complexity index is 952. The quantitative estimate of drug-likeness (QED) is 0.821. The van der Waals surface area contributed by atoms with E-state index >= 15 is 0 Å². The van der Waals surface area contributed by atoms with Crippen molar-refractivity contribution in [1.82, 2.24) is 0 Å². The molecule has 130 valence electrons. The molecule has 2 aromatic carbocycles. The number of amides is 2. The van der Waals surface area contributed by atoms with Gasteiger partial charge in [-0.1, -0.05) is 17.7 Å². The number of carbonyl (C=O) groups excluding carboxylic acids is 2. The molecule has 0 aromatic heterocycles. The van der Waals surface area contributed by atoms with Gasteiger partial charge in [-0.15, -0.1) is 0 Å². The van der Waals surface area contributed by atoms with Crippen molar-refractivity contribution in [2.45, 2.75) is 18.2 Å². The molecule has 7 nitrogen and oxygen atoms in total. The predicted molar refractivity (Wildman–Crippen MR) is 95.1 cm³/mol. The Morgan fingerprint density at radius 1 is 0.920 bits per heavy atom. The van der Waals surface area contributed by atoms with Gasteiger partial charge in [-0.05, 0) is 37.3 Å². The SMILES string of the molecule is Cc1ccc(N(C)S(=O)(=O)c2ccc3c(c2)NC(=O)CC(=O)N3)cc1. The van der Waals surface area contributed by atoms with Crippen LogP contribution in [0.15, 0.2) is 47.4 Å². The van der Waals surface area contributed by atoms with Gasteiger partial charge in [-0.2, -0.15) is 0 Å². The molecule has 1 aliphatic heterocycles. The predicted octanol–water partition coefficient (Wildman–Crippen LogP) is 2.10. The Hall–Kier alpha value is -2.87. The summed E-state index contributed by atoms with van der Waals surface area (Å²) in [4.78, 5) is 23.3. The molecule has 8 heteroatoms. The number of benzene rings is 2. The lowest BCUT2D eigenvalue weighted by molar-refractivity contribution is -0.123. The number of rotatable bonds is 3. The van der Waals surface area contributed by atoms with Crippen LogP contribution in [0.25, 0.3) is 0 Å². The molecule has 0 saturated carbocycles. The first-order valence-electron chi connectivity index (χ1n) is 7.57. The number of nitrogens with zero attached hydrogens (tertiary/aromatic N) is 1. The number of anilines is 3. The minimum absolute atomic E-state index is 0.0192. The third-order valence-corrected chi connectivity index (χ3v) is 5.70. The maximum absolute atomic E-state index is 12.9. The van der Waals surface area contributed by atoms with Gasteiger partial charge in [0.1, 0.15) is 6.42 Å². The second kappa shape index (κ2) is 6.21. The number of hydrogen-bond donors (Lipinski definition) is 2. The molecule has 0 bridgehead atoms. The summed E-state index contributed by atoms with van der Waals surface area (Å²) < 4.78 is 26.9. The van der Waals surface area contributed by atoms with Crippen molar-refractivity contribution in [3.05, 3.63) is 48.0 Å². The summed E-state index contributed by atoms with van der Waals surface area (Å²) in [5, 5.41) is 5.11. The summed E-state index contributed by atoms with van der Waals surface area (Å²) in [6, 6.07) is 11.3. The third kappa shape index (κ3) is 3.34. The molecule has 3 rings (SSSR count). The van der Waals surface area contributed by atoms with Gasteiger partial charge in [-0.3, -0.25) is 13.9 Å². The Labute approximate surface area is 145 Å². The van der Waals surface area contributed by atoms with Crippen LogP contribution in [0.5, 0.6) is 0 Å². The molecular formula is C17H17N3O4S. The van der Waals surface area contributed by atoms with Crippen molar-refractivity contribution < 1.29 is 18.0 Å². The average Bonchev–Trinajstić information content (AvgIpc) is 2.70. The molecule has 2 amide bonds. The van der Waals surface area contributed by atoms with E-state index in [9.17, 15) is 18.0 Å². The molecular weight excluding hydrogens is 342 g/mol. The lowest BCUT2D eigenvalue weighted by Gasteiger charge is -2.20. The normalized spacial score (nSPS) is 14.2. The molecule has 0 radical (unpaired) electrons. The monoisotopic (exact) mass is 359 g/mol. The Kier molecular flexibility index (Phi) is 4.22. The van der Waals surface area contributed by atoms with Crippen LogP contribution in [0.4, 0.5) is 17.1 Å². The zero-order valence-corrected chi connectivity index (χ0v) is 14.6. The number of carbonyl (C=O) groups is 2. The molecule has 0 saturated heterocycles. The smallest absolute Gasteiger partial charge is 0.264 e. The van der Waals surface area contributed by atoms with Crippen LogP contribution in [0, 0.1) is 6.92 Å². The van der Waals surface area contributed by atoms with Gasteiger partial charge in [0.15, 0.2) is 0 Å². The van der Waals surface area contributed by atoms with Gasteiger partial charge in [-0.25, -0.2) is 8.42 Å². The molecule has 1 heterocycles. The highest BCUT2D eigenvalue weighted by Crippen LogP contribution is 2.30. The number of hydrogen-bond acceptors (Lipinski definition) is 4. The second-order valence-corrected chi connectivity index (χ2v) is 7.76. The first kappa shape index (κ1) is 17.0. The fraction of sp³-hybridized carbons (Fsp3) is 0.176. The second-order valence-electron chi connectivity index (χ2n) is 5.79. The van der Waals surface area contributed by atoms with Crippen LogP contribution in [0.2, 0.25) is 0 Å². The first-order valence-corrected chi connectivity index (χ1v) is 9.01. The van der Waals surface area contributed by atoms with Crippen LogP contribution in [0.3, 0.4) is 0 Å². The van der Waals surface area contributed by atoms with E-state index in [0.29, 0.717) is 11.4 Å². The molecule has 2 N–H and O–H groups in total. The van der Waals surface area contributed by atoms with E-state index < -0.39 is 21.8 Å². The maximum Gasteiger partial charge on any atom is 0.264 e. The van der Waals surface area contributed by atoms with E-state index in [1.165, 1.54) is 29.6 Å². The van der Waals surface area contributed by atoms with E-state index in [4.69, 9.17) is 0 Å². The van der Waals surface area contributed by atoms with E-state index in [0.717, 1.165) is 5.56 Å². The van der Waals surface area contributed by atoms with E-state index in [2.05, 4.69) is 10.6 Å². The van der Waals surface area contributed by atoms with Crippen molar-refractivity contribution in [2.75, 3.05) is 22.0 Å². The van der Waals surface area contributed by atoms with Crippen LogP contribution in [0.1, 0.15) is 12.0 Å². The van der Waals surface area contributed by atoms with E-state index in [-0.39, 0.29) is 17.0 Å².